The average Bonchev–Trinajstić information content (AvgIpc) is 2.72. The monoisotopic (exact) mass is 296 g/mol. The predicted octanol–water partition coefficient (Wildman–Crippen LogP) is 1.20. The summed E-state index contributed by atoms with van der Waals surface area (Å²) in [6, 6.07) is -0.478. The summed E-state index contributed by atoms with van der Waals surface area (Å²) in [4.78, 5) is 16.5. The number of thiazole rings is 1. The summed E-state index contributed by atoms with van der Waals surface area (Å²) < 4.78 is 1.93. The van der Waals surface area contributed by atoms with Crippen molar-refractivity contribution in [2.75, 3.05) is 0 Å². The van der Waals surface area contributed by atoms with Crippen molar-refractivity contribution in [2.24, 2.45) is 5.73 Å². The Bertz CT molecular complexity index is 454. The number of nitrogens with one attached hydrogen (secondary N) is 1. The fraction of sp³-hybridized carbons (Fsp3) is 0.333. The maximum Gasteiger partial charge on any atom is 0.236 e. The molecular formula is C9H14Cl2N4OS. The van der Waals surface area contributed by atoms with Gasteiger partial charge in [0.05, 0.1) is 18.3 Å². The molecule has 0 saturated carbocycles. The first kappa shape index (κ1) is 16.2. The molecule has 0 saturated heterocycles. The quantitative estimate of drug-likeness (QED) is 0.894. The summed E-state index contributed by atoms with van der Waals surface area (Å²) in [5, 5.41) is 4.68. The van der Waals surface area contributed by atoms with E-state index in [-0.39, 0.29) is 30.7 Å². The molecule has 96 valence electrons. The molecule has 2 heterocycles. The van der Waals surface area contributed by atoms with Crippen LogP contribution in [0, 0.1) is 0 Å². The zero-order valence-electron chi connectivity index (χ0n) is 9.12. The highest BCUT2D eigenvalue weighted by Gasteiger charge is 2.08. The zero-order chi connectivity index (χ0) is 10.8. The van der Waals surface area contributed by atoms with Crippen LogP contribution in [0.3, 0.4) is 0 Å². The number of nitrogens with zero attached hydrogens (tertiary/aromatic N) is 2. The third kappa shape index (κ3) is 3.85. The van der Waals surface area contributed by atoms with Crippen LogP contribution in [0.1, 0.15) is 12.6 Å². The summed E-state index contributed by atoms with van der Waals surface area (Å²) in [5.41, 5.74) is 6.26. The Hall–Kier alpha value is -0.820. The molecule has 0 radical (unpaired) electrons. The van der Waals surface area contributed by atoms with Gasteiger partial charge < -0.3 is 11.1 Å². The topological polar surface area (TPSA) is 72.4 Å². The molecule has 2 rings (SSSR count). The number of hydrogen-bond acceptors (Lipinski definition) is 4. The Morgan fingerprint density at radius 2 is 2.35 bits per heavy atom. The molecule has 0 aliphatic heterocycles. The smallest absolute Gasteiger partial charge is 0.236 e. The number of aromatic nitrogens is 2. The summed E-state index contributed by atoms with van der Waals surface area (Å²) in [6.07, 6.45) is 3.83. The third-order valence-corrected chi connectivity index (χ3v) is 2.77. The molecule has 0 spiro atoms. The van der Waals surface area contributed by atoms with Gasteiger partial charge in [-0.25, -0.2) is 4.98 Å². The van der Waals surface area contributed by atoms with Crippen LogP contribution in [0.2, 0.25) is 0 Å². The van der Waals surface area contributed by atoms with Crippen molar-refractivity contribution in [3.05, 3.63) is 23.5 Å². The standard InChI is InChI=1S/C9H12N4OS.2ClH/c1-6(10)8(14)11-4-7-5-13-2-3-15-9(13)12-7;;/h2-3,5-6H,4,10H2,1H3,(H,11,14);2*1H/t6-;;/m1../s1. The van der Waals surface area contributed by atoms with Crippen LogP contribution in [-0.2, 0) is 11.3 Å². The largest absolute Gasteiger partial charge is 0.349 e. The molecule has 0 aromatic carbocycles. The van der Waals surface area contributed by atoms with Crippen molar-refractivity contribution < 1.29 is 4.79 Å². The number of carbonyl (C=O) groups is 1. The molecule has 5 nitrogen and oxygen atoms in total. The van der Waals surface area contributed by atoms with Gasteiger partial charge in [0.25, 0.3) is 0 Å². The number of imidazole rings is 1. The van der Waals surface area contributed by atoms with Gasteiger partial charge in [-0.15, -0.1) is 36.2 Å². The highest BCUT2D eigenvalue weighted by molar-refractivity contribution is 7.15. The molecule has 17 heavy (non-hydrogen) atoms. The number of halogens is 2. The van der Waals surface area contributed by atoms with E-state index in [2.05, 4.69) is 10.3 Å². The summed E-state index contributed by atoms with van der Waals surface area (Å²) >= 11 is 1.56. The first-order valence-corrected chi connectivity index (χ1v) is 5.49. The second-order valence-corrected chi connectivity index (χ2v) is 4.20. The van der Waals surface area contributed by atoms with Gasteiger partial charge >= 0.3 is 0 Å². The van der Waals surface area contributed by atoms with Crippen LogP contribution < -0.4 is 11.1 Å². The molecule has 0 aliphatic carbocycles. The van der Waals surface area contributed by atoms with E-state index in [4.69, 9.17) is 5.73 Å². The normalized spacial score (nSPS) is 11.4. The van der Waals surface area contributed by atoms with Gasteiger partial charge in [-0.2, -0.15) is 0 Å². The Morgan fingerprint density at radius 3 is 2.94 bits per heavy atom. The maximum absolute atomic E-state index is 11.2. The highest BCUT2D eigenvalue weighted by atomic mass is 35.5. The van der Waals surface area contributed by atoms with Crippen molar-refractivity contribution >= 4 is 47.0 Å². The minimum Gasteiger partial charge on any atom is -0.349 e. The second-order valence-electron chi connectivity index (χ2n) is 3.33. The van der Waals surface area contributed by atoms with E-state index < -0.39 is 6.04 Å². The molecule has 2 aromatic heterocycles. The van der Waals surface area contributed by atoms with Crippen molar-refractivity contribution in [1.82, 2.24) is 14.7 Å². The maximum atomic E-state index is 11.2. The SMILES string of the molecule is C[C@@H](N)C(=O)NCc1cn2ccsc2n1.Cl.Cl. The highest BCUT2D eigenvalue weighted by Crippen LogP contribution is 2.10. The lowest BCUT2D eigenvalue weighted by Crippen LogP contribution is -2.37. The first-order valence-electron chi connectivity index (χ1n) is 4.61. The molecule has 0 fully saturated rings. The summed E-state index contributed by atoms with van der Waals surface area (Å²) in [5.74, 6) is -0.161. The van der Waals surface area contributed by atoms with Crippen molar-refractivity contribution in [3.8, 4) is 0 Å². The van der Waals surface area contributed by atoms with Gasteiger partial charge in [0, 0.05) is 17.8 Å². The Kier molecular flexibility index (Phi) is 6.48. The lowest BCUT2D eigenvalue weighted by Gasteiger charge is -2.04. The Balaban J connectivity index is 0.00000128. The van der Waals surface area contributed by atoms with Crippen LogP contribution in [0.15, 0.2) is 17.8 Å². The van der Waals surface area contributed by atoms with Crippen molar-refractivity contribution in [1.29, 1.82) is 0 Å². The van der Waals surface area contributed by atoms with Gasteiger partial charge in [-0.3, -0.25) is 9.20 Å². The molecule has 1 amide bonds. The zero-order valence-corrected chi connectivity index (χ0v) is 11.6. The molecule has 2 aromatic rings. The molecular weight excluding hydrogens is 283 g/mol. The number of rotatable bonds is 3. The molecule has 1 atom stereocenters. The van der Waals surface area contributed by atoms with E-state index in [1.54, 1.807) is 18.3 Å². The van der Waals surface area contributed by atoms with E-state index in [0.717, 1.165) is 10.7 Å². The van der Waals surface area contributed by atoms with E-state index >= 15 is 0 Å². The molecule has 0 bridgehead atoms. The third-order valence-electron chi connectivity index (χ3n) is 2.00. The van der Waals surface area contributed by atoms with Crippen molar-refractivity contribution in [2.45, 2.75) is 19.5 Å². The van der Waals surface area contributed by atoms with Gasteiger partial charge in [-0.05, 0) is 6.92 Å². The van der Waals surface area contributed by atoms with Gasteiger partial charge in [0.2, 0.25) is 5.91 Å². The van der Waals surface area contributed by atoms with Crippen LogP contribution in [0.25, 0.3) is 4.96 Å². The lowest BCUT2D eigenvalue weighted by atomic mass is 10.3. The van der Waals surface area contributed by atoms with Gasteiger partial charge in [0.15, 0.2) is 4.96 Å². The van der Waals surface area contributed by atoms with E-state index in [1.807, 2.05) is 22.2 Å². The Labute approximate surface area is 115 Å². The minimum absolute atomic E-state index is 0. The van der Waals surface area contributed by atoms with Crippen LogP contribution in [0.5, 0.6) is 0 Å². The van der Waals surface area contributed by atoms with Crippen LogP contribution in [0.4, 0.5) is 0 Å². The van der Waals surface area contributed by atoms with E-state index in [9.17, 15) is 4.79 Å². The van der Waals surface area contributed by atoms with Crippen LogP contribution in [-0.4, -0.2) is 21.3 Å². The molecule has 8 heteroatoms. The minimum atomic E-state index is -0.478. The van der Waals surface area contributed by atoms with E-state index in [1.165, 1.54) is 0 Å². The van der Waals surface area contributed by atoms with Crippen LogP contribution >= 0.6 is 36.2 Å². The fourth-order valence-corrected chi connectivity index (χ4v) is 1.92. The Morgan fingerprint density at radius 1 is 1.65 bits per heavy atom. The van der Waals surface area contributed by atoms with Crippen molar-refractivity contribution in [3.63, 3.8) is 0 Å². The number of carbonyl (C=O) groups excluding carboxylic acids is 1. The first-order chi connectivity index (χ1) is 7.16. The van der Waals surface area contributed by atoms with Gasteiger partial charge in [-0.1, -0.05) is 0 Å². The lowest BCUT2D eigenvalue weighted by molar-refractivity contribution is -0.122. The molecule has 3 N–H and O–H groups in total. The van der Waals surface area contributed by atoms with E-state index in [0.29, 0.717) is 6.54 Å². The number of amides is 1. The number of nitrogens with two attached hydrogens (primary N) is 1. The summed E-state index contributed by atoms with van der Waals surface area (Å²) in [6.45, 7) is 2.08. The molecule has 0 aliphatic rings. The predicted molar refractivity (Wildman–Crippen MR) is 73.1 cm³/mol. The van der Waals surface area contributed by atoms with Gasteiger partial charge in [0.1, 0.15) is 0 Å². The summed E-state index contributed by atoms with van der Waals surface area (Å²) in [7, 11) is 0. The second kappa shape index (κ2) is 6.80. The molecule has 0 unspecified atom stereocenters. The average molecular weight is 297 g/mol. The number of fused-ring (bicyclic) bond motifs is 1. The fourth-order valence-electron chi connectivity index (χ4n) is 1.20. The number of hydrogen-bond donors (Lipinski definition) is 2.